The second-order valence-corrected chi connectivity index (χ2v) is 8.08. The Morgan fingerprint density at radius 1 is 1.03 bits per heavy atom. The van der Waals surface area contributed by atoms with Gasteiger partial charge in [-0.15, -0.1) is 5.10 Å². The molecule has 5 rings (SSSR count). The molecular formula is C26H26N8O2. The average molecular weight is 483 g/mol. The molecule has 0 aliphatic heterocycles. The van der Waals surface area contributed by atoms with E-state index in [4.69, 9.17) is 9.72 Å². The van der Waals surface area contributed by atoms with Crippen molar-refractivity contribution in [2.75, 3.05) is 12.4 Å². The molecule has 0 fully saturated rings. The zero-order valence-corrected chi connectivity index (χ0v) is 20.3. The predicted molar refractivity (Wildman–Crippen MR) is 135 cm³/mol. The summed E-state index contributed by atoms with van der Waals surface area (Å²) in [5.74, 6) is 0.550. The number of hydrogen-bond donors (Lipinski definition) is 1. The number of nitrogens with one attached hydrogen (secondary N) is 1. The summed E-state index contributed by atoms with van der Waals surface area (Å²) in [6, 6.07) is 17.7. The van der Waals surface area contributed by atoms with Gasteiger partial charge in [-0.25, -0.2) is 9.97 Å². The van der Waals surface area contributed by atoms with Gasteiger partial charge in [0.15, 0.2) is 5.65 Å². The molecule has 0 spiro atoms. The van der Waals surface area contributed by atoms with Crippen LogP contribution < -0.4 is 10.1 Å². The molecule has 4 aromatic heterocycles. The number of benzene rings is 1. The third-order valence-electron chi connectivity index (χ3n) is 5.95. The molecule has 182 valence electrons. The van der Waals surface area contributed by atoms with Crippen LogP contribution in [0.4, 0.5) is 5.95 Å². The first-order chi connectivity index (χ1) is 17.6. The second-order valence-electron chi connectivity index (χ2n) is 8.08. The first kappa shape index (κ1) is 23.2. The Balaban J connectivity index is 1.63. The first-order valence-corrected chi connectivity index (χ1v) is 11.7. The van der Waals surface area contributed by atoms with Crippen molar-refractivity contribution < 1.29 is 9.53 Å². The number of nitrogens with zero attached hydrogens (tertiary/aromatic N) is 7. The van der Waals surface area contributed by atoms with E-state index in [1.54, 1.807) is 23.3 Å². The number of fused-ring (bicyclic) bond motifs is 1. The number of rotatable bonds is 8. The van der Waals surface area contributed by atoms with E-state index >= 15 is 0 Å². The zero-order chi connectivity index (χ0) is 25.1. The Labute approximate surface area is 208 Å². The molecule has 5 aromatic rings. The van der Waals surface area contributed by atoms with Crippen LogP contribution in [-0.4, -0.2) is 47.3 Å². The highest BCUT2D eigenvalue weighted by molar-refractivity contribution is 6.06. The Morgan fingerprint density at radius 3 is 2.50 bits per heavy atom. The summed E-state index contributed by atoms with van der Waals surface area (Å²) in [5.41, 5.74) is 3.42. The van der Waals surface area contributed by atoms with Gasteiger partial charge in [-0.2, -0.15) is 4.98 Å². The highest BCUT2D eigenvalue weighted by atomic mass is 16.5. The van der Waals surface area contributed by atoms with E-state index in [1.807, 2.05) is 50.2 Å². The van der Waals surface area contributed by atoms with Crippen LogP contribution in [0.25, 0.3) is 11.2 Å². The zero-order valence-electron chi connectivity index (χ0n) is 20.3. The van der Waals surface area contributed by atoms with E-state index in [9.17, 15) is 4.79 Å². The molecule has 0 aliphatic rings. The molecule has 4 heterocycles. The summed E-state index contributed by atoms with van der Waals surface area (Å²) in [6.07, 6.45) is 3.34. The Hall–Kier alpha value is -4.60. The van der Waals surface area contributed by atoms with Crippen molar-refractivity contribution in [1.82, 2.24) is 34.3 Å². The fourth-order valence-corrected chi connectivity index (χ4v) is 4.24. The van der Waals surface area contributed by atoms with Crippen LogP contribution in [-0.2, 0) is 13.1 Å². The summed E-state index contributed by atoms with van der Waals surface area (Å²) >= 11 is 0. The highest BCUT2D eigenvalue weighted by Crippen LogP contribution is 2.33. The summed E-state index contributed by atoms with van der Waals surface area (Å²) in [6.45, 7) is 5.26. The van der Waals surface area contributed by atoms with Gasteiger partial charge < -0.3 is 9.30 Å². The monoisotopic (exact) mass is 482 g/mol. The lowest BCUT2D eigenvalue weighted by atomic mass is 9.94. The summed E-state index contributed by atoms with van der Waals surface area (Å²) in [5, 5.41) is 6.96. The number of anilines is 1. The van der Waals surface area contributed by atoms with Gasteiger partial charge in [-0.3, -0.25) is 19.8 Å². The SMILES string of the molecule is CCn1cnc(NC(=O)c2cc3c(nc2OC)nc(C(c2ccccc2)c2ccccn2)n3CC)n1. The number of amides is 1. The highest BCUT2D eigenvalue weighted by Gasteiger charge is 2.27. The van der Waals surface area contributed by atoms with Crippen LogP contribution in [0, 0.1) is 0 Å². The van der Waals surface area contributed by atoms with E-state index < -0.39 is 5.91 Å². The Morgan fingerprint density at radius 2 is 1.83 bits per heavy atom. The number of imidazole rings is 1. The fraction of sp³-hybridized carbons (Fsp3) is 0.231. The second kappa shape index (κ2) is 9.95. The minimum atomic E-state index is -0.412. The molecule has 0 saturated carbocycles. The lowest BCUT2D eigenvalue weighted by Crippen LogP contribution is -2.16. The normalized spacial score (nSPS) is 12.0. The van der Waals surface area contributed by atoms with Gasteiger partial charge in [0, 0.05) is 19.3 Å². The molecule has 10 heteroatoms. The first-order valence-electron chi connectivity index (χ1n) is 11.7. The minimum absolute atomic E-state index is 0.177. The van der Waals surface area contributed by atoms with Gasteiger partial charge in [0.2, 0.25) is 11.8 Å². The number of hydrogen-bond acceptors (Lipinski definition) is 7. The molecule has 0 radical (unpaired) electrons. The average Bonchev–Trinajstić information content (AvgIpc) is 3.52. The fourth-order valence-electron chi connectivity index (χ4n) is 4.24. The van der Waals surface area contributed by atoms with E-state index in [0.29, 0.717) is 18.7 Å². The minimum Gasteiger partial charge on any atom is -0.480 e. The summed E-state index contributed by atoms with van der Waals surface area (Å²) in [7, 11) is 1.48. The van der Waals surface area contributed by atoms with Crippen LogP contribution in [0.5, 0.6) is 5.88 Å². The molecule has 10 nitrogen and oxygen atoms in total. The number of methoxy groups -OCH3 is 1. The summed E-state index contributed by atoms with van der Waals surface area (Å²) in [4.78, 5) is 31.4. The van der Waals surface area contributed by atoms with Gasteiger partial charge >= 0.3 is 0 Å². The number of carbonyl (C=O) groups excluding carboxylic acids is 1. The molecule has 0 saturated heterocycles. The third kappa shape index (κ3) is 4.28. The molecule has 1 unspecified atom stereocenters. The third-order valence-corrected chi connectivity index (χ3v) is 5.95. The number of aromatic nitrogens is 7. The molecule has 1 atom stereocenters. The van der Waals surface area contributed by atoms with Crippen molar-refractivity contribution in [3.63, 3.8) is 0 Å². The van der Waals surface area contributed by atoms with Crippen molar-refractivity contribution in [3.8, 4) is 5.88 Å². The predicted octanol–water partition coefficient (Wildman–Crippen LogP) is 3.90. The summed E-state index contributed by atoms with van der Waals surface area (Å²) < 4.78 is 9.17. The van der Waals surface area contributed by atoms with E-state index in [2.05, 4.69) is 42.1 Å². The van der Waals surface area contributed by atoms with E-state index in [-0.39, 0.29) is 23.3 Å². The van der Waals surface area contributed by atoms with Crippen molar-refractivity contribution >= 4 is 23.0 Å². The Kier molecular flexibility index (Phi) is 6.40. The number of carbonyl (C=O) groups is 1. The van der Waals surface area contributed by atoms with Crippen LogP contribution in [0.2, 0.25) is 0 Å². The van der Waals surface area contributed by atoms with Crippen molar-refractivity contribution in [2.45, 2.75) is 32.9 Å². The van der Waals surface area contributed by atoms with Gasteiger partial charge in [-0.1, -0.05) is 36.4 Å². The van der Waals surface area contributed by atoms with E-state index in [0.717, 1.165) is 22.6 Å². The number of aryl methyl sites for hydroxylation is 2. The maximum atomic E-state index is 13.2. The van der Waals surface area contributed by atoms with Gasteiger partial charge in [0.1, 0.15) is 17.7 Å². The lowest BCUT2D eigenvalue weighted by molar-refractivity contribution is 0.102. The van der Waals surface area contributed by atoms with Crippen LogP contribution >= 0.6 is 0 Å². The maximum absolute atomic E-state index is 13.2. The van der Waals surface area contributed by atoms with E-state index in [1.165, 1.54) is 7.11 Å². The molecule has 1 amide bonds. The molecule has 1 aromatic carbocycles. The van der Waals surface area contributed by atoms with Crippen LogP contribution in [0.15, 0.2) is 67.1 Å². The maximum Gasteiger partial charge on any atom is 0.263 e. The van der Waals surface area contributed by atoms with Gasteiger partial charge in [-0.05, 0) is 37.6 Å². The van der Waals surface area contributed by atoms with Crippen LogP contribution in [0.1, 0.15) is 47.2 Å². The lowest BCUT2D eigenvalue weighted by Gasteiger charge is -2.18. The number of ether oxygens (including phenoxy) is 1. The molecule has 0 aliphatic carbocycles. The quantitative estimate of drug-likeness (QED) is 0.357. The molecule has 36 heavy (non-hydrogen) atoms. The van der Waals surface area contributed by atoms with Gasteiger partial charge in [0.05, 0.1) is 24.2 Å². The molecule has 1 N–H and O–H groups in total. The standard InChI is InChI=1S/C26H26N8O2/c1-4-33-16-28-26(32-33)31-24(35)18-15-20-22(30-25(18)36-3)29-23(34(20)5-2)21(17-11-7-6-8-12-17)19-13-9-10-14-27-19/h6-16,21H,4-5H2,1-3H3,(H,31,32,35). The largest absolute Gasteiger partial charge is 0.480 e. The smallest absolute Gasteiger partial charge is 0.263 e. The topological polar surface area (TPSA) is 113 Å². The molecule has 0 bridgehead atoms. The van der Waals surface area contributed by atoms with Crippen molar-refractivity contribution in [1.29, 1.82) is 0 Å². The van der Waals surface area contributed by atoms with Crippen LogP contribution in [0.3, 0.4) is 0 Å². The molecular weight excluding hydrogens is 456 g/mol. The van der Waals surface area contributed by atoms with Crippen molar-refractivity contribution in [2.24, 2.45) is 0 Å². The van der Waals surface area contributed by atoms with Gasteiger partial charge in [0.25, 0.3) is 5.91 Å². The number of pyridine rings is 2. The Bertz CT molecular complexity index is 1460. The van der Waals surface area contributed by atoms with Crippen molar-refractivity contribution in [3.05, 3.63) is 89.8 Å².